The standard InChI is InChI=1S/C37H45NO4S2/c1-6-9-14-28(8-3)34-24-29(15-10-7-2)35(44-34)25-42-21-19-27-17-18-31(32(23-27)30-16-12-11-13-26(30)4)36(39)38-33(37(40)41)20-22-43-5/h6,8-9,11-14,16-18,23-24,33H,3,7,10,15,19-22,25H2,1-2,4-5H3,(H,38,39)(H,40,41)/b9-6-,28-14+. The van der Waals surface area contributed by atoms with E-state index in [0.717, 1.165) is 47.1 Å². The first-order valence-electron chi connectivity index (χ1n) is 15.2. The number of carboxylic acid groups (broad SMARTS) is 1. The lowest BCUT2D eigenvalue weighted by Crippen LogP contribution is -2.41. The van der Waals surface area contributed by atoms with Crippen molar-refractivity contribution in [2.75, 3.05) is 18.6 Å². The average molecular weight is 632 g/mol. The molecule has 234 valence electrons. The van der Waals surface area contributed by atoms with E-state index in [1.165, 1.54) is 15.3 Å². The molecule has 0 aliphatic rings. The minimum Gasteiger partial charge on any atom is -0.480 e. The van der Waals surface area contributed by atoms with Crippen LogP contribution < -0.4 is 5.32 Å². The summed E-state index contributed by atoms with van der Waals surface area (Å²) >= 11 is 3.33. The number of thiophene rings is 1. The minimum atomic E-state index is -1.02. The van der Waals surface area contributed by atoms with E-state index in [1.54, 1.807) is 23.1 Å². The molecule has 44 heavy (non-hydrogen) atoms. The molecule has 2 aromatic carbocycles. The van der Waals surface area contributed by atoms with E-state index in [2.05, 4.69) is 31.0 Å². The SMILES string of the molecule is C=C/C(=C\C=C/C)c1cc(CCCC)c(COCCc2ccc(C(=O)NC(CCSC)C(=O)O)c(-c3ccccc3C)c2)s1. The van der Waals surface area contributed by atoms with E-state index >= 15 is 0 Å². The van der Waals surface area contributed by atoms with Gasteiger partial charge in [-0.3, -0.25) is 4.79 Å². The van der Waals surface area contributed by atoms with Crippen LogP contribution in [0.4, 0.5) is 0 Å². The Hall–Kier alpha value is -3.39. The minimum absolute atomic E-state index is 0.365. The Morgan fingerprint density at radius 1 is 1.14 bits per heavy atom. The number of ether oxygens (including phenoxy) is 1. The number of benzene rings is 2. The number of allylic oxidation sites excluding steroid dienone is 5. The summed E-state index contributed by atoms with van der Waals surface area (Å²) in [7, 11) is 0. The zero-order valence-electron chi connectivity index (χ0n) is 26.4. The molecule has 5 nitrogen and oxygen atoms in total. The first-order valence-corrected chi connectivity index (χ1v) is 17.4. The molecule has 1 unspecified atom stereocenters. The summed E-state index contributed by atoms with van der Waals surface area (Å²) in [6.07, 6.45) is 14.3. The molecule has 2 N–H and O–H groups in total. The summed E-state index contributed by atoms with van der Waals surface area (Å²) < 4.78 is 6.22. The summed E-state index contributed by atoms with van der Waals surface area (Å²) in [6, 6.07) is 15.1. The molecule has 0 aliphatic heterocycles. The predicted molar refractivity (Wildman–Crippen MR) is 188 cm³/mol. The molecule has 0 radical (unpaired) electrons. The largest absolute Gasteiger partial charge is 0.480 e. The van der Waals surface area contributed by atoms with Gasteiger partial charge < -0.3 is 15.2 Å². The molecule has 0 fully saturated rings. The van der Waals surface area contributed by atoms with E-state index in [9.17, 15) is 14.7 Å². The van der Waals surface area contributed by atoms with Gasteiger partial charge in [0.1, 0.15) is 6.04 Å². The van der Waals surface area contributed by atoms with Gasteiger partial charge in [-0.05, 0) is 97.1 Å². The number of nitrogens with one attached hydrogen (secondary N) is 1. The number of carboxylic acids is 1. The highest BCUT2D eigenvalue weighted by molar-refractivity contribution is 7.98. The second-order valence-corrected chi connectivity index (χ2v) is 12.8. The first kappa shape index (κ1) is 35.1. The fraction of sp³-hybridized carbons (Fsp3) is 0.351. The second-order valence-electron chi connectivity index (χ2n) is 10.7. The third-order valence-electron chi connectivity index (χ3n) is 7.42. The van der Waals surface area contributed by atoms with Gasteiger partial charge in [0.05, 0.1) is 13.2 Å². The van der Waals surface area contributed by atoms with Crippen molar-refractivity contribution in [1.82, 2.24) is 5.32 Å². The maximum atomic E-state index is 13.4. The lowest BCUT2D eigenvalue weighted by atomic mass is 9.93. The molecule has 3 rings (SSSR count). The van der Waals surface area contributed by atoms with Gasteiger partial charge in [-0.1, -0.05) is 80.6 Å². The summed E-state index contributed by atoms with van der Waals surface area (Å²) in [6.45, 7) is 11.3. The van der Waals surface area contributed by atoms with Gasteiger partial charge in [0.15, 0.2) is 0 Å². The molecule has 0 spiro atoms. The lowest BCUT2D eigenvalue weighted by Gasteiger charge is -2.17. The van der Waals surface area contributed by atoms with Gasteiger partial charge in [-0.2, -0.15) is 11.8 Å². The number of carbonyl (C=O) groups is 2. The Kier molecular flexibility index (Phi) is 14.7. The number of unbranched alkanes of at least 4 members (excludes halogenated alkanes) is 1. The van der Waals surface area contributed by atoms with E-state index in [0.29, 0.717) is 37.4 Å². The summed E-state index contributed by atoms with van der Waals surface area (Å²) in [5, 5.41) is 12.4. The number of hydrogen-bond donors (Lipinski definition) is 2. The van der Waals surface area contributed by atoms with Crippen molar-refractivity contribution in [2.45, 2.75) is 65.5 Å². The summed E-state index contributed by atoms with van der Waals surface area (Å²) in [5.74, 6) is -0.755. The van der Waals surface area contributed by atoms with E-state index in [-0.39, 0.29) is 5.91 Å². The number of carbonyl (C=O) groups excluding carboxylic acids is 1. The molecule has 1 atom stereocenters. The van der Waals surface area contributed by atoms with Crippen LogP contribution >= 0.6 is 23.1 Å². The summed E-state index contributed by atoms with van der Waals surface area (Å²) in [4.78, 5) is 27.6. The van der Waals surface area contributed by atoms with E-state index < -0.39 is 12.0 Å². The lowest BCUT2D eigenvalue weighted by molar-refractivity contribution is -0.139. The molecule has 0 saturated carbocycles. The normalized spacial score (nSPS) is 12.4. The Labute approximate surface area is 271 Å². The third kappa shape index (κ3) is 10.1. The Morgan fingerprint density at radius 3 is 2.61 bits per heavy atom. The Balaban J connectivity index is 1.79. The molecule has 7 heteroatoms. The van der Waals surface area contributed by atoms with Crippen LogP contribution in [0.15, 0.2) is 79.4 Å². The molecule has 1 amide bonds. The molecule has 3 aromatic rings. The molecule has 0 bridgehead atoms. The van der Waals surface area contributed by atoms with Crippen molar-refractivity contribution in [1.29, 1.82) is 0 Å². The molecule has 0 saturated heterocycles. The van der Waals surface area contributed by atoms with Gasteiger partial charge in [-0.25, -0.2) is 4.79 Å². The average Bonchev–Trinajstić information content (AvgIpc) is 3.43. The van der Waals surface area contributed by atoms with Crippen LogP contribution in [0.1, 0.15) is 69.9 Å². The maximum absolute atomic E-state index is 13.4. The van der Waals surface area contributed by atoms with Gasteiger partial charge in [-0.15, -0.1) is 11.3 Å². The second kappa shape index (κ2) is 18.4. The number of aryl methyl sites for hydroxylation is 2. The Morgan fingerprint density at radius 2 is 1.93 bits per heavy atom. The molecular weight excluding hydrogens is 587 g/mol. The fourth-order valence-corrected chi connectivity index (χ4v) is 6.53. The highest BCUT2D eigenvalue weighted by Crippen LogP contribution is 2.32. The molecular formula is C37H45NO4S2. The molecule has 1 aromatic heterocycles. The number of thioether (sulfide) groups is 1. The monoisotopic (exact) mass is 631 g/mol. The van der Waals surface area contributed by atoms with E-state index in [1.807, 2.05) is 80.8 Å². The van der Waals surface area contributed by atoms with Crippen LogP contribution in [0.5, 0.6) is 0 Å². The van der Waals surface area contributed by atoms with Gasteiger partial charge in [0, 0.05) is 15.3 Å². The number of aliphatic carboxylic acids is 1. The van der Waals surface area contributed by atoms with Crippen molar-refractivity contribution in [2.24, 2.45) is 0 Å². The van der Waals surface area contributed by atoms with Crippen molar-refractivity contribution >= 4 is 40.5 Å². The van der Waals surface area contributed by atoms with Crippen LogP contribution in [0.2, 0.25) is 0 Å². The van der Waals surface area contributed by atoms with Crippen LogP contribution in [0, 0.1) is 6.92 Å². The van der Waals surface area contributed by atoms with Crippen LogP contribution in [0.3, 0.4) is 0 Å². The van der Waals surface area contributed by atoms with E-state index in [4.69, 9.17) is 4.74 Å². The van der Waals surface area contributed by atoms with Crippen molar-refractivity contribution in [3.8, 4) is 11.1 Å². The van der Waals surface area contributed by atoms with Crippen molar-refractivity contribution in [3.05, 3.63) is 111 Å². The van der Waals surface area contributed by atoms with Gasteiger partial charge >= 0.3 is 5.97 Å². The predicted octanol–water partition coefficient (Wildman–Crippen LogP) is 8.91. The van der Waals surface area contributed by atoms with Gasteiger partial charge in [0.2, 0.25) is 0 Å². The zero-order valence-corrected chi connectivity index (χ0v) is 28.0. The van der Waals surface area contributed by atoms with Crippen molar-refractivity contribution < 1.29 is 19.4 Å². The zero-order chi connectivity index (χ0) is 31.9. The van der Waals surface area contributed by atoms with Crippen LogP contribution in [0.25, 0.3) is 16.7 Å². The fourth-order valence-electron chi connectivity index (χ4n) is 4.89. The molecule has 0 aliphatic carbocycles. The van der Waals surface area contributed by atoms with Crippen molar-refractivity contribution in [3.63, 3.8) is 0 Å². The number of hydrogen-bond acceptors (Lipinski definition) is 5. The number of amides is 1. The van der Waals surface area contributed by atoms with Crippen LogP contribution in [-0.4, -0.2) is 41.6 Å². The third-order valence-corrected chi connectivity index (χ3v) is 9.26. The maximum Gasteiger partial charge on any atom is 0.326 e. The summed E-state index contributed by atoms with van der Waals surface area (Å²) in [5.41, 5.74) is 6.77. The highest BCUT2D eigenvalue weighted by Gasteiger charge is 2.23. The van der Waals surface area contributed by atoms with Gasteiger partial charge in [0.25, 0.3) is 5.91 Å². The smallest absolute Gasteiger partial charge is 0.326 e. The number of rotatable bonds is 18. The topological polar surface area (TPSA) is 75.6 Å². The first-order chi connectivity index (χ1) is 21.3. The Bertz CT molecular complexity index is 1470. The molecule has 1 heterocycles. The quantitative estimate of drug-likeness (QED) is 0.108. The van der Waals surface area contributed by atoms with Crippen LogP contribution in [-0.2, 0) is 29.0 Å². The highest BCUT2D eigenvalue weighted by atomic mass is 32.2.